The average molecular weight is 300 g/mol. The van der Waals surface area contributed by atoms with E-state index in [9.17, 15) is 4.79 Å². The van der Waals surface area contributed by atoms with Gasteiger partial charge in [-0.3, -0.25) is 4.57 Å². The molecule has 3 aromatic rings. The van der Waals surface area contributed by atoms with Crippen molar-refractivity contribution in [1.29, 1.82) is 0 Å². The maximum absolute atomic E-state index is 12.7. The van der Waals surface area contributed by atoms with Gasteiger partial charge < -0.3 is 4.98 Å². The van der Waals surface area contributed by atoms with Crippen molar-refractivity contribution >= 4 is 16.8 Å². The Morgan fingerprint density at radius 1 is 1.23 bits per heavy atom. The van der Waals surface area contributed by atoms with Crippen LogP contribution in [0.15, 0.2) is 4.79 Å². The van der Waals surface area contributed by atoms with Crippen molar-refractivity contribution in [3.05, 3.63) is 22.1 Å². The fraction of sp³-hybridized carbons (Fsp3) is 0.600. The number of aromatic amines is 1. The number of hydrogen-bond acceptors (Lipinski definition) is 4. The Balaban J connectivity index is 2.05. The molecule has 1 fully saturated rings. The first-order valence-electron chi connectivity index (χ1n) is 8.05. The third-order valence-corrected chi connectivity index (χ3v) is 4.62. The predicted octanol–water partition coefficient (Wildman–Crippen LogP) is 2.14. The van der Waals surface area contributed by atoms with Gasteiger partial charge in [0.15, 0.2) is 11.3 Å². The summed E-state index contributed by atoms with van der Waals surface area (Å²) in [5.74, 6) is 2.08. The number of fused-ring (bicyclic) bond motifs is 3. The lowest BCUT2D eigenvalue weighted by Gasteiger charge is -2.06. The summed E-state index contributed by atoms with van der Waals surface area (Å²) in [6, 6.07) is 0. The highest BCUT2D eigenvalue weighted by Crippen LogP contribution is 2.33. The molecule has 3 aromatic heterocycles. The maximum Gasteiger partial charge on any atom is 0.337 e. The molecule has 4 rings (SSSR count). The Labute approximate surface area is 127 Å². The van der Waals surface area contributed by atoms with Crippen molar-refractivity contribution in [2.45, 2.75) is 58.4 Å². The van der Waals surface area contributed by atoms with Crippen LogP contribution in [0, 0.1) is 6.92 Å². The molecule has 0 spiro atoms. The van der Waals surface area contributed by atoms with Gasteiger partial charge in [0.1, 0.15) is 17.2 Å². The van der Waals surface area contributed by atoms with Gasteiger partial charge in [0, 0.05) is 12.5 Å². The van der Waals surface area contributed by atoms with Gasteiger partial charge in [0.05, 0.1) is 0 Å². The molecule has 1 saturated carbocycles. The molecule has 22 heavy (non-hydrogen) atoms. The molecule has 0 aromatic carbocycles. The maximum atomic E-state index is 12.7. The van der Waals surface area contributed by atoms with Gasteiger partial charge in [-0.05, 0) is 26.2 Å². The van der Waals surface area contributed by atoms with Crippen LogP contribution in [0.4, 0.5) is 0 Å². The summed E-state index contributed by atoms with van der Waals surface area (Å²) in [5.41, 5.74) is 2.03. The van der Waals surface area contributed by atoms with Crippen molar-refractivity contribution in [2.75, 3.05) is 0 Å². The Bertz CT molecular complexity index is 896. The third-order valence-electron chi connectivity index (χ3n) is 4.62. The Morgan fingerprint density at radius 3 is 2.73 bits per heavy atom. The number of H-pyrrole nitrogens is 1. The molecule has 0 bridgehead atoms. The molecule has 1 N–H and O–H groups in total. The zero-order chi connectivity index (χ0) is 15.3. The molecule has 0 radical (unpaired) electrons. The van der Waals surface area contributed by atoms with Crippen LogP contribution in [-0.4, -0.2) is 29.1 Å². The topological polar surface area (TPSA) is 80.9 Å². The number of rotatable bonds is 3. The van der Waals surface area contributed by atoms with Gasteiger partial charge >= 0.3 is 5.69 Å². The molecule has 1 aliphatic carbocycles. The molecule has 7 heteroatoms. The van der Waals surface area contributed by atoms with E-state index in [2.05, 4.69) is 22.1 Å². The zero-order valence-corrected chi connectivity index (χ0v) is 13.0. The standard InChI is InChI=1S/C15H20N6O/c1-3-8-20-13-11(14-19-18-9(2)21(14)15(20)22)16-12(17-13)10-6-4-5-7-10/h10H,3-8H2,1-2H3,(H,16,17). The van der Waals surface area contributed by atoms with E-state index < -0.39 is 0 Å². The van der Waals surface area contributed by atoms with E-state index in [0.29, 0.717) is 29.6 Å². The van der Waals surface area contributed by atoms with E-state index in [-0.39, 0.29) is 5.69 Å². The molecule has 3 heterocycles. The molecule has 0 atom stereocenters. The van der Waals surface area contributed by atoms with Crippen LogP contribution in [0.1, 0.15) is 56.6 Å². The number of nitrogens with one attached hydrogen (secondary N) is 1. The summed E-state index contributed by atoms with van der Waals surface area (Å²) in [7, 11) is 0. The molecule has 1 aliphatic rings. The molecular formula is C15H20N6O. The Morgan fingerprint density at radius 2 is 2.00 bits per heavy atom. The van der Waals surface area contributed by atoms with E-state index >= 15 is 0 Å². The van der Waals surface area contributed by atoms with Gasteiger partial charge in [0.2, 0.25) is 0 Å². The zero-order valence-electron chi connectivity index (χ0n) is 13.0. The van der Waals surface area contributed by atoms with Gasteiger partial charge in [0.25, 0.3) is 0 Å². The fourth-order valence-electron chi connectivity index (χ4n) is 3.52. The Hall–Kier alpha value is -2.18. The fourth-order valence-corrected chi connectivity index (χ4v) is 3.52. The third kappa shape index (κ3) is 1.81. The second-order valence-electron chi connectivity index (χ2n) is 6.14. The van der Waals surface area contributed by atoms with Crippen molar-refractivity contribution in [1.82, 2.24) is 29.1 Å². The smallest absolute Gasteiger partial charge is 0.337 e. The summed E-state index contributed by atoms with van der Waals surface area (Å²) < 4.78 is 3.32. The molecule has 0 aliphatic heterocycles. The van der Waals surface area contributed by atoms with Gasteiger partial charge in [-0.25, -0.2) is 14.2 Å². The summed E-state index contributed by atoms with van der Waals surface area (Å²) in [5, 5.41) is 8.24. The lowest BCUT2D eigenvalue weighted by atomic mass is 10.1. The SMILES string of the molecule is CCCn1c(=O)n2c(C)nnc2c2[nH]c(C3CCCC3)nc21. The van der Waals surface area contributed by atoms with Crippen LogP contribution in [0.3, 0.4) is 0 Å². The monoisotopic (exact) mass is 300 g/mol. The van der Waals surface area contributed by atoms with Crippen LogP contribution in [0.5, 0.6) is 0 Å². The second-order valence-corrected chi connectivity index (χ2v) is 6.14. The number of aromatic nitrogens is 6. The van der Waals surface area contributed by atoms with Crippen LogP contribution in [0.25, 0.3) is 16.8 Å². The quantitative estimate of drug-likeness (QED) is 0.803. The van der Waals surface area contributed by atoms with Crippen LogP contribution in [0.2, 0.25) is 0 Å². The second kappa shape index (κ2) is 4.93. The molecule has 116 valence electrons. The highest BCUT2D eigenvalue weighted by molar-refractivity contribution is 5.85. The number of aryl methyl sites for hydroxylation is 2. The van der Waals surface area contributed by atoms with Gasteiger partial charge in [-0.15, -0.1) is 10.2 Å². The van der Waals surface area contributed by atoms with Crippen molar-refractivity contribution in [3.63, 3.8) is 0 Å². The van der Waals surface area contributed by atoms with Crippen LogP contribution in [-0.2, 0) is 6.54 Å². The van der Waals surface area contributed by atoms with Crippen molar-refractivity contribution in [2.24, 2.45) is 0 Å². The van der Waals surface area contributed by atoms with Gasteiger partial charge in [-0.1, -0.05) is 19.8 Å². The normalized spacial score (nSPS) is 16.3. The molecule has 7 nitrogen and oxygen atoms in total. The molecule has 0 unspecified atom stereocenters. The highest BCUT2D eigenvalue weighted by atomic mass is 16.1. The van der Waals surface area contributed by atoms with Crippen LogP contribution >= 0.6 is 0 Å². The Kier molecular flexibility index (Phi) is 3.02. The average Bonchev–Trinajstić information content (AvgIpc) is 3.21. The van der Waals surface area contributed by atoms with E-state index in [1.54, 1.807) is 15.9 Å². The molecule has 0 amide bonds. The first-order chi connectivity index (χ1) is 10.7. The summed E-state index contributed by atoms with van der Waals surface area (Å²) >= 11 is 0. The molecular weight excluding hydrogens is 280 g/mol. The van der Waals surface area contributed by atoms with Crippen molar-refractivity contribution in [3.8, 4) is 0 Å². The number of hydrogen-bond donors (Lipinski definition) is 1. The summed E-state index contributed by atoms with van der Waals surface area (Å²) in [6.07, 6.45) is 5.72. The first kappa shape index (κ1) is 13.5. The predicted molar refractivity (Wildman–Crippen MR) is 83.1 cm³/mol. The van der Waals surface area contributed by atoms with E-state index in [1.807, 2.05) is 0 Å². The largest absolute Gasteiger partial charge is 0.337 e. The lowest BCUT2D eigenvalue weighted by molar-refractivity contribution is 0.640. The van der Waals surface area contributed by atoms with E-state index in [4.69, 9.17) is 4.98 Å². The van der Waals surface area contributed by atoms with Crippen LogP contribution < -0.4 is 5.69 Å². The van der Waals surface area contributed by atoms with E-state index in [0.717, 1.165) is 17.8 Å². The lowest BCUT2D eigenvalue weighted by Crippen LogP contribution is -2.27. The molecule has 0 saturated heterocycles. The van der Waals surface area contributed by atoms with Crippen molar-refractivity contribution < 1.29 is 0 Å². The summed E-state index contributed by atoms with van der Waals surface area (Å²) in [4.78, 5) is 20.9. The number of nitrogens with zero attached hydrogens (tertiary/aromatic N) is 5. The van der Waals surface area contributed by atoms with E-state index in [1.165, 1.54) is 25.7 Å². The van der Waals surface area contributed by atoms with Gasteiger partial charge in [-0.2, -0.15) is 0 Å². The minimum Gasteiger partial charge on any atom is -0.337 e. The highest BCUT2D eigenvalue weighted by Gasteiger charge is 2.23. The number of imidazole rings is 1. The minimum absolute atomic E-state index is 0.101. The summed E-state index contributed by atoms with van der Waals surface area (Å²) in [6.45, 7) is 4.52. The first-order valence-corrected chi connectivity index (χ1v) is 8.05. The minimum atomic E-state index is -0.101.